The zero-order chi connectivity index (χ0) is 12.5. The fraction of sp³-hybridized carbons (Fsp3) is 0.917. The number of amides is 1. The van der Waals surface area contributed by atoms with Crippen LogP contribution in [-0.2, 0) is 14.6 Å². The van der Waals surface area contributed by atoms with Gasteiger partial charge in [-0.2, -0.15) is 0 Å². The Kier molecular flexibility index (Phi) is 3.76. The molecule has 2 aliphatic rings. The fourth-order valence-electron chi connectivity index (χ4n) is 3.18. The molecule has 3 atom stereocenters. The Morgan fingerprint density at radius 3 is 2.59 bits per heavy atom. The third-order valence-electron chi connectivity index (χ3n) is 4.17. The van der Waals surface area contributed by atoms with E-state index in [4.69, 9.17) is 0 Å². The first-order chi connectivity index (χ1) is 7.98. The Morgan fingerprint density at radius 2 is 1.94 bits per heavy atom. The lowest BCUT2D eigenvalue weighted by Gasteiger charge is -2.35. The molecule has 3 unspecified atom stereocenters. The highest BCUT2D eigenvalue weighted by atomic mass is 32.2. The third-order valence-corrected chi connectivity index (χ3v) is 5.81. The Morgan fingerprint density at radius 1 is 1.18 bits per heavy atom. The van der Waals surface area contributed by atoms with Gasteiger partial charge in [-0.05, 0) is 38.0 Å². The van der Waals surface area contributed by atoms with Gasteiger partial charge in [-0.15, -0.1) is 0 Å². The van der Waals surface area contributed by atoms with E-state index in [0.29, 0.717) is 6.42 Å². The number of carbonyl (C=O) groups is 1. The van der Waals surface area contributed by atoms with E-state index in [1.165, 1.54) is 6.26 Å². The van der Waals surface area contributed by atoms with Gasteiger partial charge in [-0.3, -0.25) is 4.79 Å². The summed E-state index contributed by atoms with van der Waals surface area (Å²) in [4.78, 5) is 11.8. The molecule has 98 valence electrons. The molecule has 0 aromatic heterocycles. The van der Waals surface area contributed by atoms with Crippen LogP contribution in [0.25, 0.3) is 0 Å². The van der Waals surface area contributed by atoms with Crippen molar-refractivity contribution in [1.82, 2.24) is 5.32 Å². The molecule has 1 heterocycles. The molecular formula is C12H21NO3S. The van der Waals surface area contributed by atoms with Crippen molar-refractivity contribution in [2.45, 2.75) is 43.8 Å². The van der Waals surface area contributed by atoms with Gasteiger partial charge in [0.1, 0.15) is 9.84 Å². The van der Waals surface area contributed by atoms with Crippen LogP contribution in [0.15, 0.2) is 0 Å². The molecule has 1 saturated carbocycles. The van der Waals surface area contributed by atoms with E-state index in [0.717, 1.165) is 38.6 Å². The summed E-state index contributed by atoms with van der Waals surface area (Å²) in [7, 11) is -2.95. The molecule has 2 fully saturated rings. The molecule has 0 aromatic carbocycles. The lowest BCUT2D eigenvalue weighted by atomic mass is 9.76. The zero-order valence-electron chi connectivity index (χ0n) is 10.3. The fourth-order valence-corrected chi connectivity index (χ4v) is 4.37. The summed E-state index contributed by atoms with van der Waals surface area (Å²) in [5, 5.41) is 2.67. The SMILES string of the molecule is CS(=O)(=O)C1CCCC(C2CCCNC2=O)C1. The number of hydrogen-bond acceptors (Lipinski definition) is 3. The first-order valence-electron chi connectivity index (χ1n) is 6.45. The highest BCUT2D eigenvalue weighted by Gasteiger charge is 2.36. The molecule has 1 saturated heterocycles. The maximum Gasteiger partial charge on any atom is 0.223 e. The summed E-state index contributed by atoms with van der Waals surface area (Å²) < 4.78 is 23.2. The van der Waals surface area contributed by atoms with Gasteiger partial charge in [0.2, 0.25) is 5.91 Å². The van der Waals surface area contributed by atoms with Crippen molar-refractivity contribution in [1.29, 1.82) is 0 Å². The average Bonchev–Trinajstić information content (AvgIpc) is 2.29. The number of sulfone groups is 1. The number of nitrogens with one attached hydrogen (secondary N) is 1. The Hall–Kier alpha value is -0.580. The van der Waals surface area contributed by atoms with E-state index < -0.39 is 9.84 Å². The van der Waals surface area contributed by atoms with Crippen molar-refractivity contribution in [3.05, 3.63) is 0 Å². The minimum absolute atomic E-state index is 0.0494. The van der Waals surface area contributed by atoms with Gasteiger partial charge in [0.15, 0.2) is 0 Å². The molecule has 1 amide bonds. The lowest BCUT2D eigenvalue weighted by molar-refractivity contribution is -0.128. The second-order valence-corrected chi connectivity index (χ2v) is 7.74. The maximum absolute atomic E-state index is 11.8. The molecule has 0 radical (unpaired) electrons. The Labute approximate surface area is 103 Å². The van der Waals surface area contributed by atoms with Crippen molar-refractivity contribution >= 4 is 15.7 Å². The van der Waals surface area contributed by atoms with Crippen LogP contribution in [0.5, 0.6) is 0 Å². The number of piperidine rings is 1. The summed E-state index contributed by atoms with van der Waals surface area (Å²) in [5.74, 6) is 0.451. The molecule has 4 nitrogen and oxygen atoms in total. The van der Waals surface area contributed by atoms with Crippen LogP contribution in [0.1, 0.15) is 38.5 Å². The van der Waals surface area contributed by atoms with Crippen LogP contribution in [-0.4, -0.2) is 32.4 Å². The van der Waals surface area contributed by atoms with Gasteiger partial charge in [-0.1, -0.05) is 6.42 Å². The van der Waals surface area contributed by atoms with Gasteiger partial charge in [0, 0.05) is 18.7 Å². The van der Waals surface area contributed by atoms with Crippen LogP contribution >= 0.6 is 0 Å². The van der Waals surface area contributed by atoms with E-state index in [-0.39, 0.29) is 23.0 Å². The van der Waals surface area contributed by atoms with Gasteiger partial charge in [0.25, 0.3) is 0 Å². The molecule has 1 aliphatic heterocycles. The summed E-state index contributed by atoms with van der Waals surface area (Å²) in [6.45, 7) is 0.775. The number of rotatable bonds is 2. The minimum Gasteiger partial charge on any atom is -0.356 e. The van der Waals surface area contributed by atoms with Crippen LogP contribution in [0.3, 0.4) is 0 Å². The topological polar surface area (TPSA) is 63.2 Å². The van der Waals surface area contributed by atoms with Crippen molar-refractivity contribution in [3.63, 3.8) is 0 Å². The summed E-state index contributed by atoms with van der Waals surface area (Å²) in [6.07, 6.45) is 6.65. The molecule has 1 N–H and O–H groups in total. The minimum atomic E-state index is -2.95. The van der Waals surface area contributed by atoms with Crippen molar-refractivity contribution in [2.75, 3.05) is 12.8 Å². The number of carbonyl (C=O) groups excluding carboxylic acids is 1. The molecular weight excluding hydrogens is 238 g/mol. The highest BCUT2D eigenvalue weighted by molar-refractivity contribution is 7.91. The number of hydrogen-bond donors (Lipinski definition) is 1. The van der Waals surface area contributed by atoms with Crippen LogP contribution < -0.4 is 5.32 Å². The van der Waals surface area contributed by atoms with Crippen LogP contribution in [0.2, 0.25) is 0 Å². The smallest absolute Gasteiger partial charge is 0.223 e. The molecule has 0 aromatic rings. The zero-order valence-corrected chi connectivity index (χ0v) is 11.1. The first kappa shape index (κ1) is 12.9. The summed E-state index contributed by atoms with van der Waals surface area (Å²) in [5.41, 5.74) is 0. The maximum atomic E-state index is 11.8. The van der Waals surface area contributed by atoms with E-state index >= 15 is 0 Å². The Bertz CT molecular complexity index is 391. The molecule has 17 heavy (non-hydrogen) atoms. The average molecular weight is 259 g/mol. The van der Waals surface area contributed by atoms with E-state index in [1.54, 1.807) is 0 Å². The highest BCUT2D eigenvalue weighted by Crippen LogP contribution is 2.36. The normalized spacial score (nSPS) is 35.4. The monoisotopic (exact) mass is 259 g/mol. The van der Waals surface area contributed by atoms with Gasteiger partial charge < -0.3 is 5.32 Å². The quantitative estimate of drug-likeness (QED) is 0.808. The standard InChI is InChI=1S/C12H21NO3S/c1-17(15,16)10-5-2-4-9(8-10)11-6-3-7-13-12(11)14/h9-11H,2-8H2,1H3,(H,13,14). The summed E-state index contributed by atoms with van der Waals surface area (Å²) >= 11 is 0. The van der Waals surface area contributed by atoms with Gasteiger partial charge in [-0.25, -0.2) is 8.42 Å². The van der Waals surface area contributed by atoms with Crippen LogP contribution in [0.4, 0.5) is 0 Å². The van der Waals surface area contributed by atoms with E-state index in [9.17, 15) is 13.2 Å². The molecule has 1 aliphatic carbocycles. The molecule has 0 bridgehead atoms. The van der Waals surface area contributed by atoms with Crippen molar-refractivity contribution < 1.29 is 13.2 Å². The third kappa shape index (κ3) is 3.00. The van der Waals surface area contributed by atoms with Crippen molar-refractivity contribution in [2.24, 2.45) is 11.8 Å². The van der Waals surface area contributed by atoms with Crippen LogP contribution in [0, 0.1) is 11.8 Å². The molecule has 2 rings (SSSR count). The van der Waals surface area contributed by atoms with E-state index in [1.807, 2.05) is 0 Å². The van der Waals surface area contributed by atoms with E-state index in [2.05, 4.69) is 5.32 Å². The predicted molar refractivity (Wildman–Crippen MR) is 66.3 cm³/mol. The predicted octanol–water partition coefficient (Wildman–Crippen LogP) is 1.12. The largest absolute Gasteiger partial charge is 0.356 e. The summed E-state index contributed by atoms with van der Waals surface area (Å²) in [6, 6.07) is 0. The Balaban J connectivity index is 2.04. The molecule has 5 heteroatoms. The van der Waals surface area contributed by atoms with Gasteiger partial charge >= 0.3 is 0 Å². The van der Waals surface area contributed by atoms with Gasteiger partial charge in [0.05, 0.1) is 5.25 Å². The van der Waals surface area contributed by atoms with Crippen molar-refractivity contribution in [3.8, 4) is 0 Å². The lowest BCUT2D eigenvalue weighted by Crippen LogP contribution is -2.42. The second-order valence-electron chi connectivity index (χ2n) is 5.42. The molecule has 0 spiro atoms. The second kappa shape index (κ2) is 4.96. The first-order valence-corrected chi connectivity index (χ1v) is 8.40.